The maximum Gasteiger partial charge on any atom is 0.228 e. The molecule has 0 aromatic carbocycles. The molecular weight excluding hydrogens is 280 g/mol. The maximum atomic E-state index is 12.1. The Kier molecular flexibility index (Phi) is 4.15. The number of aromatic nitrogens is 1. The van der Waals surface area contributed by atoms with Crippen LogP contribution in [0.5, 0.6) is 0 Å². The van der Waals surface area contributed by atoms with Gasteiger partial charge in [-0.15, -0.1) is 0 Å². The van der Waals surface area contributed by atoms with Crippen molar-refractivity contribution < 1.29 is 4.79 Å². The SMILES string of the molecule is CC1CCC(C(=O)Nc2ncccc2Br)CC1. The van der Waals surface area contributed by atoms with Gasteiger partial charge in [0.05, 0.1) is 4.47 Å². The van der Waals surface area contributed by atoms with Crippen molar-refractivity contribution in [1.29, 1.82) is 0 Å². The Bertz CT molecular complexity index is 400. The summed E-state index contributed by atoms with van der Waals surface area (Å²) in [5, 5.41) is 2.90. The molecule has 0 saturated heterocycles. The van der Waals surface area contributed by atoms with Gasteiger partial charge in [0.1, 0.15) is 5.82 Å². The molecule has 0 radical (unpaired) electrons. The summed E-state index contributed by atoms with van der Waals surface area (Å²) in [5.41, 5.74) is 0. The van der Waals surface area contributed by atoms with E-state index in [1.807, 2.05) is 12.1 Å². The molecule has 4 heteroatoms. The van der Waals surface area contributed by atoms with Gasteiger partial charge in [0.15, 0.2) is 0 Å². The van der Waals surface area contributed by atoms with Crippen LogP contribution in [0.2, 0.25) is 0 Å². The van der Waals surface area contributed by atoms with E-state index in [4.69, 9.17) is 0 Å². The molecule has 0 bridgehead atoms. The zero-order chi connectivity index (χ0) is 12.3. The highest BCUT2D eigenvalue weighted by atomic mass is 79.9. The van der Waals surface area contributed by atoms with Gasteiger partial charge in [-0.25, -0.2) is 4.98 Å². The number of carbonyl (C=O) groups excluding carboxylic acids is 1. The molecule has 1 aliphatic carbocycles. The lowest BCUT2D eigenvalue weighted by Gasteiger charge is -2.25. The number of halogens is 1. The van der Waals surface area contributed by atoms with Crippen LogP contribution in [0, 0.1) is 11.8 Å². The van der Waals surface area contributed by atoms with E-state index in [1.54, 1.807) is 6.20 Å². The number of carbonyl (C=O) groups is 1. The molecule has 2 rings (SSSR count). The van der Waals surface area contributed by atoms with E-state index in [0.717, 1.165) is 36.1 Å². The highest BCUT2D eigenvalue weighted by Gasteiger charge is 2.24. The molecule has 0 aliphatic heterocycles. The van der Waals surface area contributed by atoms with Crippen molar-refractivity contribution in [2.75, 3.05) is 5.32 Å². The zero-order valence-corrected chi connectivity index (χ0v) is 11.5. The van der Waals surface area contributed by atoms with Crippen LogP contribution in [-0.2, 0) is 4.79 Å². The van der Waals surface area contributed by atoms with E-state index in [2.05, 4.69) is 33.2 Å². The molecule has 1 aromatic heterocycles. The first kappa shape index (κ1) is 12.6. The van der Waals surface area contributed by atoms with Gasteiger partial charge in [-0.05, 0) is 59.7 Å². The maximum absolute atomic E-state index is 12.1. The minimum atomic E-state index is 0.108. The van der Waals surface area contributed by atoms with E-state index in [-0.39, 0.29) is 11.8 Å². The van der Waals surface area contributed by atoms with Crippen LogP contribution in [0.1, 0.15) is 32.6 Å². The lowest BCUT2D eigenvalue weighted by Crippen LogP contribution is -2.27. The van der Waals surface area contributed by atoms with Crippen LogP contribution in [0.15, 0.2) is 22.8 Å². The lowest BCUT2D eigenvalue weighted by atomic mass is 9.82. The molecule has 92 valence electrons. The number of nitrogens with one attached hydrogen (secondary N) is 1. The van der Waals surface area contributed by atoms with Crippen molar-refractivity contribution in [3.8, 4) is 0 Å². The molecule has 1 saturated carbocycles. The second kappa shape index (κ2) is 5.63. The third-order valence-electron chi connectivity index (χ3n) is 3.39. The molecule has 1 N–H and O–H groups in total. The Morgan fingerprint density at radius 2 is 2.12 bits per heavy atom. The number of anilines is 1. The third-order valence-corrected chi connectivity index (χ3v) is 4.03. The number of hydrogen-bond acceptors (Lipinski definition) is 2. The van der Waals surface area contributed by atoms with Crippen molar-refractivity contribution >= 4 is 27.7 Å². The Labute approximate surface area is 110 Å². The lowest BCUT2D eigenvalue weighted by molar-refractivity contribution is -0.121. The van der Waals surface area contributed by atoms with E-state index < -0.39 is 0 Å². The quantitative estimate of drug-likeness (QED) is 0.906. The highest BCUT2D eigenvalue weighted by Crippen LogP contribution is 2.29. The number of rotatable bonds is 2. The first-order chi connectivity index (χ1) is 8.16. The second-order valence-electron chi connectivity index (χ2n) is 4.78. The summed E-state index contributed by atoms with van der Waals surface area (Å²) in [6.07, 6.45) is 5.99. The van der Waals surface area contributed by atoms with Crippen molar-refractivity contribution in [3.63, 3.8) is 0 Å². The smallest absolute Gasteiger partial charge is 0.228 e. The highest BCUT2D eigenvalue weighted by molar-refractivity contribution is 9.10. The Morgan fingerprint density at radius 3 is 2.76 bits per heavy atom. The van der Waals surface area contributed by atoms with Gasteiger partial charge < -0.3 is 5.32 Å². The number of nitrogens with zero attached hydrogens (tertiary/aromatic N) is 1. The van der Waals surface area contributed by atoms with Gasteiger partial charge in [-0.2, -0.15) is 0 Å². The zero-order valence-electron chi connectivity index (χ0n) is 9.95. The Morgan fingerprint density at radius 1 is 1.41 bits per heavy atom. The molecule has 1 fully saturated rings. The summed E-state index contributed by atoms with van der Waals surface area (Å²) in [4.78, 5) is 16.2. The summed E-state index contributed by atoms with van der Waals surface area (Å²) in [5.74, 6) is 1.65. The fourth-order valence-electron chi connectivity index (χ4n) is 2.22. The largest absolute Gasteiger partial charge is 0.310 e. The molecule has 0 unspecified atom stereocenters. The summed E-state index contributed by atoms with van der Waals surface area (Å²) in [6.45, 7) is 2.25. The number of amides is 1. The summed E-state index contributed by atoms with van der Waals surface area (Å²) in [7, 11) is 0. The van der Waals surface area contributed by atoms with Gasteiger partial charge in [-0.3, -0.25) is 4.79 Å². The molecule has 0 atom stereocenters. The molecule has 1 amide bonds. The minimum absolute atomic E-state index is 0.108. The fraction of sp³-hybridized carbons (Fsp3) is 0.538. The predicted molar refractivity (Wildman–Crippen MR) is 71.7 cm³/mol. The van der Waals surface area contributed by atoms with Crippen molar-refractivity contribution in [3.05, 3.63) is 22.8 Å². The van der Waals surface area contributed by atoms with Gasteiger partial charge >= 0.3 is 0 Å². The molecular formula is C13H17BrN2O. The van der Waals surface area contributed by atoms with Crippen LogP contribution in [0.4, 0.5) is 5.82 Å². The van der Waals surface area contributed by atoms with Gasteiger partial charge in [0.2, 0.25) is 5.91 Å². The molecule has 3 nitrogen and oxygen atoms in total. The van der Waals surface area contributed by atoms with Gasteiger partial charge in [-0.1, -0.05) is 6.92 Å². The van der Waals surface area contributed by atoms with Crippen LogP contribution >= 0.6 is 15.9 Å². The van der Waals surface area contributed by atoms with E-state index in [1.165, 1.54) is 0 Å². The predicted octanol–water partition coefficient (Wildman–Crippen LogP) is 3.61. The summed E-state index contributed by atoms with van der Waals surface area (Å²) in [6, 6.07) is 3.72. The van der Waals surface area contributed by atoms with Crippen LogP contribution in [0.3, 0.4) is 0 Å². The van der Waals surface area contributed by atoms with E-state index in [0.29, 0.717) is 5.82 Å². The van der Waals surface area contributed by atoms with Crippen molar-refractivity contribution in [2.45, 2.75) is 32.6 Å². The monoisotopic (exact) mass is 296 g/mol. The average Bonchev–Trinajstić information content (AvgIpc) is 2.33. The fourth-order valence-corrected chi connectivity index (χ4v) is 2.57. The van der Waals surface area contributed by atoms with E-state index >= 15 is 0 Å². The van der Waals surface area contributed by atoms with Gasteiger partial charge in [0.25, 0.3) is 0 Å². The third kappa shape index (κ3) is 3.28. The summed E-state index contributed by atoms with van der Waals surface area (Å²) >= 11 is 3.38. The second-order valence-corrected chi connectivity index (χ2v) is 5.63. The molecule has 17 heavy (non-hydrogen) atoms. The Hall–Kier alpha value is -0.900. The molecule has 1 heterocycles. The topological polar surface area (TPSA) is 42.0 Å². The first-order valence-electron chi connectivity index (χ1n) is 6.08. The van der Waals surface area contributed by atoms with Crippen LogP contribution in [-0.4, -0.2) is 10.9 Å². The molecule has 1 aromatic rings. The summed E-state index contributed by atoms with van der Waals surface area (Å²) < 4.78 is 0.831. The normalized spacial score (nSPS) is 24.4. The van der Waals surface area contributed by atoms with Crippen LogP contribution in [0.25, 0.3) is 0 Å². The van der Waals surface area contributed by atoms with Crippen molar-refractivity contribution in [1.82, 2.24) is 4.98 Å². The minimum Gasteiger partial charge on any atom is -0.310 e. The molecule has 0 spiro atoms. The Balaban J connectivity index is 1.95. The average molecular weight is 297 g/mol. The van der Waals surface area contributed by atoms with Crippen LogP contribution < -0.4 is 5.32 Å². The number of pyridine rings is 1. The van der Waals surface area contributed by atoms with Gasteiger partial charge in [0, 0.05) is 12.1 Å². The standard InChI is InChI=1S/C13H17BrN2O/c1-9-4-6-10(7-5-9)13(17)16-12-11(14)3-2-8-15-12/h2-3,8-10H,4-7H2,1H3,(H,15,16,17). The first-order valence-corrected chi connectivity index (χ1v) is 6.87. The van der Waals surface area contributed by atoms with E-state index in [9.17, 15) is 4.79 Å². The van der Waals surface area contributed by atoms with Crippen molar-refractivity contribution in [2.24, 2.45) is 11.8 Å². The molecule has 1 aliphatic rings. The number of hydrogen-bond donors (Lipinski definition) is 1.